The Labute approximate surface area is 228 Å². The van der Waals surface area contributed by atoms with Gasteiger partial charge >= 0.3 is 0 Å². The lowest BCUT2D eigenvalue weighted by atomic mass is 9.87. The second-order valence-corrected chi connectivity index (χ2v) is 10.3. The highest BCUT2D eigenvalue weighted by atomic mass is 16.3. The second kappa shape index (κ2) is 10.3. The number of hydrogen-bond donors (Lipinski definition) is 0. The molecule has 0 N–H and O–H groups in total. The number of para-hydroxylation sites is 1. The number of allylic oxidation sites excluding steroid dienone is 1. The van der Waals surface area contributed by atoms with Crippen molar-refractivity contribution in [2.75, 3.05) is 5.01 Å². The van der Waals surface area contributed by atoms with Crippen molar-refractivity contribution in [3.05, 3.63) is 132 Å². The van der Waals surface area contributed by atoms with Crippen molar-refractivity contribution in [3.8, 4) is 22.6 Å². The number of rotatable bonds is 5. The third kappa shape index (κ3) is 4.63. The number of fused-ring (bicyclic) bond motifs is 1. The molecule has 39 heavy (non-hydrogen) atoms. The van der Waals surface area contributed by atoms with Crippen molar-refractivity contribution in [2.45, 2.75) is 31.7 Å². The van der Waals surface area contributed by atoms with E-state index >= 15 is 0 Å². The first-order valence-electron chi connectivity index (χ1n) is 13.8. The summed E-state index contributed by atoms with van der Waals surface area (Å²) in [7, 11) is 0. The Bertz CT molecular complexity index is 1610. The molecule has 192 valence electrons. The maximum absolute atomic E-state index is 6.55. The summed E-state index contributed by atoms with van der Waals surface area (Å²) in [5.74, 6) is 3.82. The van der Waals surface area contributed by atoms with Gasteiger partial charge in [0.05, 0.1) is 11.4 Å². The van der Waals surface area contributed by atoms with Gasteiger partial charge in [-0.3, -0.25) is 5.01 Å². The van der Waals surface area contributed by atoms with Gasteiger partial charge < -0.3 is 8.83 Å². The minimum absolute atomic E-state index is 0.00200. The van der Waals surface area contributed by atoms with Crippen LogP contribution in [0.5, 0.6) is 0 Å². The van der Waals surface area contributed by atoms with Gasteiger partial charge in [-0.15, -0.1) is 0 Å². The zero-order chi connectivity index (χ0) is 26.0. The summed E-state index contributed by atoms with van der Waals surface area (Å²) < 4.78 is 12.8. The van der Waals surface area contributed by atoms with Gasteiger partial charge in [0.15, 0.2) is 0 Å². The molecule has 4 nitrogen and oxygen atoms in total. The monoisotopic (exact) mass is 510 g/mol. The molecule has 1 aliphatic carbocycles. The Hall–Kier alpha value is -4.57. The molecular weight excluding hydrogens is 480 g/mol. The molecule has 3 aromatic carbocycles. The van der Waals surface area contributed by atoms with E-state index in [1.807, 2.05) is 42.5 Å². The average molecular weight is 511 g/mol. The van der Waals surface area contributed by atoms with E-state index in [1.54, 1.807) is 0 Å². The smallest absolute Gasteiger partial charge is 0.134 e. The second-order valence-electron chi connectivity index (χ2n) is 10.3. The fraction of sp³-hybridized carbons (Fsp3) is 0.171. The SMILES string of the molecule is C(=C1CCCCC2C1=NN(c1ccccc1)C2c1ccc(-c2ccccc2)o1)c1ccc(-c2ccccc2)o1. The molecule has 2 unspecified atom stereocenters. The molecule has 1 fully saturated rings. The summed E-state index contributed by atoms with van der Waals surface area (Å²) in [6, 6.07) is 39.4. The molecule has 2 atom stereocenters. The third-order valence-corrected chi connectivity index (χ3v) is 7.75. The Morgan fingerprint density at radius 3 is 2.03 bits per heavy atom. The van der Waals surface area contributed by atoms with Gasteiger partial charge in [0.25, 0.3) is 0 Å². The quantitative estimate of drug-likeness (QED) is 0.236. The highest BCUT2D eigenvalue weighted by molar-refractivity contribution is 6.07. The van der Waals surface area contributed by atoms with Gasteiger partial charge in [0.1, 0.15) is 29.1 Å². The minimum Gasteiger partial charge on any atom is -0.459 e. The van der Waals surface area contributed by atoms with E-state index in [0.717, 1.165) is 71.3 Å². The molecule has 1 saturated carbocycles. The molecule has 0 radical (unpaired) electrons. The van der Waals surface area contributed by atoms with Crippen LogP contribution in [0.2, 0.25) is 0 Å². The zero-order valence-corrected chi connectivity index (χ0v) is 21.7. The highest BCUT2D eigenvalue weighted by Gasteiger charge is 2.42. The first-order chi connectivity index (χ1) is 19.3. The van der Waals surface area contributed by atoms with Crippen LogP contribution in [0.25, 0.3) is 28.7 Å². The lowest BCUT2D eigenvalue weighted by Gasteiger charge is -2.26. The summed E-state index contributed by atoms with van der Waals surface area (Å²) in [4.78, 5) is 0. The Kier molecular flexibility index (Phi) is 6.22. The van der Waals surface area contributed by atoms with Gasteiger partial charge in [-0.25, -0.2) is 0 Å². The Morgan fingerprint density at radius 1 is 0.667 bits per heavy atom. The van der Waals surface area contributed by atoms with Crippen molar-refractivity contribution in [3.63, 3.8) is 0 Å². The standard InChI is InChI=1S/C35H30N2O2/c1-4-12-25(13-5-1)31-21-20-29(38-31)24-27-16-10-11-19-30-34(27)36-37(28-17-8-3-9-18-28)35(30)33-23-22-32(39-33)26-14-6-2-7-15-26/h1-9,12-15,17-18,20-24,30,35H,10-11,16,19H2. The van der Waals surface area contributed by atoms with Crippen LogP contribution in [-0.4, -0.2) is 5.71 Å². The number of nitrogens with zero attached hydrogens (tertiary/aromatic N) is 2. The van der Waals surface area contributed by atoms with Crippen molar-refractivity contribution in [1.82, 2.24) is 0 Å². The summed E-state index contributed by atoms with van der Waals surface area (Å²) >= 11 is 0. The topological polar surface area (TPSA) is 41.9 Å². The van der Waals surface area contributed by atoms with Crippen LogP contribution in [0.3, 0.4) is 0 Å². The molecule has 1 aliphatic heterocycles. The molecule has 0 bridgehead atoms. The molecule has 2 aliphatic rings. The molecule has 0 saturated heterocycles. The highest BCUT2D eigenvalue weighted by Crippen LogP contribution is 2.46. The van der Waals surface area contributed by atoms with E-state index in [2.05, 4.69) is 83.9 Å². The molecule has 3 heterocycles. The summed E-state index contributed by atoms with van der Waals surface area (Å²) in [5, 5.41) is 7.47. The summed E-state index contributed by atoms with van der Waals surface area (Å²) in [6.45, 7) is 0. The van der Waals surface area contributed by atoms with Gasteiger partial charge in [0, 0.05) is 17.0 Å². The molecular formula is C35H30N2O2. The first-order valence-corrected chi connectivity index (χ1v) is 13.8. The van der Waals surface area contributed by atoms with Crippen LogP contribution in [0.1, 0.15) is 43.2 Å². The van der Waals surface area contributed by atoms with Crippen LogP contribution < -0.4 is 5.01 Å². The van der Waals surface area contributed by atoms with E-state index in [4.69, 9.17) is 13.9 Å². The average Bonchev–Trinajstić information content (AvgIpc) is 3.72. The summed E-state index contributed by atoms with van der Waals surface area (Å²) in [5.41, 5.74) is 5.65. The van der Waals surface area contributed by atoms with E-state index in [1.165, 1.54) is 5.57 Å². The van der Waals surface area contributed by atoms with Gasteiger partial charge in [-0.1, -0.05) is 85.3 Å². The predicted octanol–water partition coefficient (Wildman–Crippen LogP) is 9.40. The van der Waals surface area contributed by atoms with E-state index in [-0.39, 0.29) is 12.0 Å². The molecule has 2 aromatic heterocycles. The summed E-state index contributed by atoms with van der Waals surface area (Å²) in [6.07, 6.45) is 6.55. The normalized spacial score (nSPS) is 20.1. The lowest BCUT2D eigenvalue weighted by molar-refractivity contribution is 0.410. The fourth-order valence-corrected chi connectivity index (χ4v) is 5.87. The number of furan rings is 2. The third-order valence-electron chi connectivity index (χ3n) is 7.75. The Balaban J connectivity index is 1.28. The molecule has 0 spiro atoms. The Morgan fingerprint density at radius 2 is 1.31 bits per heavy atom. The molecule has 7 rings (SSSR count). The van der Waals surface area contributed by atoms with Gasteiger partial charge in [-0.2, -0.15) is 5.10 Å². The van der Waals surface area contributed by atoms with Gasteiger partial charge in [-0.05, 0) is 67.3 Å². The van der Waals surface area contributed by atoms with Crippen molar-refractivity contribution in [2.24, 2.45) is 11.0 Å². The fourth-order valence-electron chi connectivity index (χ4n) is 5.87. The number of benzene rings is 3. The van der Waals surface area contributed by atoms with E-state index in [9.17, 15) is 0 Å². The molecule has 4 heteroatoms. The van der Waals surface area contributed by atoms with E-state index < -0.39 is 0 Å². The maximum Gasteiger partial charge on any atom is 0.134 e. The number of hydrazone groups is 1. The van der Waals surface area contributed by atoms with Crippen LogP contribution in [0, 0.1) is 5.92 Å². The maximum atomic E-state index is 6.55. The number of anilines is 1. The van der Waals surface area contributed by atoms with E-state index in [0.29, 0.717) is 0 Å². The van der Waals surface area contributed by atoms with Gasteiger partial charge in [0.2, 0.25) is 0 Å². The van der Waals surface area contributed by atoms with Crippen LogP contribution >= 0.6 is 0 Å². The van der Waals surface area contributed by atoms with Crippen LogP contribution in [0.15, 0.2) is 135 Å². The van der Waals surface area contributed by atoms with Crippen LogP contribution in [0.4, 0.5) is 5.69 Å². The van der Waals surface area contributed by atoms with Crippen molar-refractivity contribution >= 4 is 17.5 Å². The minimum atomic E-state index is -0.00200. The zero-order valence-electron chi connectivity index (χ0n) is 21.7. The first kappa shape index (κ1) is 23.5. The largest absolute Gasteiger partial charge is 0.459 e. The van der Waals surface area contributed by atoms with Crippen molar-refractivity contribution < 1.29 is 8.83 Å². The van der Waals surface area contributed by atoms with Crippen LogP contribution in [-0.2, 0) is 0 Å². The van der Waals surface area contributed by atoms with Crippen molar-refractivity contribution in [1.29, 1.82) is 0 Å². The molecule has 5 aromatic rings. The lowest BCUT2D eigenvalue weighted by Crippen LogP contribution is -2.25. The predicted molar refractivity (Wildman–Crippen MR) is 157 cm³/mol. The molecule has 0 amide bonds. The number of hydrogen-bond acceptors (Lipinski definition) is 4.